The number of aryl methyl sites for hydroxylation is 1. The summed E-state index contributed by atoms with van der Waals surface area (Å²) in [5.74, 6) is 1.34. The molecule has 0 bridgehead atoms. The van der Waals surface area contributed by atoms with Crippen LogP contribution in [-0.4, -0.2) is 48.9 Å². The third kappa shape index (κ3) is 6.70. The van der Waals surface area contributed by atoms with Gasteiger partial charge in [0, 0.05) is 44.2 Å². The van der Waals surface area contributed by atoms with Gasteiger partial charge in [-0.25, -0.2) is 0 Å². The Morgan fingerprint density at radius 2 is 1.83 bits per heavy atom. The molecule has 0 aromatic heterocycles. The fourth-order valence-electron chi connectivity index (χ4n) is 4.44. The van der Waals surface area contributed by atoms with Gasteiger partial charge in [0.15, 0.2) is 0 Å². The molecule has 0 radical (unpaired) electrons. The largest absolute Gasteiger partial charge is 0.457 e. The maximum Gasteiger partial charge on any atom is 0.251 e. The van der Waals surface area contributed by atoms with E-state index in [-0.39, 0.29) is 17.9 Å². The molecule has 6 heteroatoms. The summed E-state index contributed by atoms with van der Waals surface area (Å²) < 4.78 is 6.14. The fraction of sp³-hybridized carbons (Fsp3) is 0.310. The van der Waals surface area contributed by atoms with Gasteiger partial charge in [0.1, 0.15) is 11.5 Å². The van der Waals surface area contributed by atoms with Gasteiger partial charge in [-0.3, -0.25) is 9.59 Å². The van der Waals surface area contributed by atoms with Gasteiger partial charge in [0.25, 0.3) is 5.91 Å². The Balaban J connectivity index is 1.41. The van der Waals surface area contributed by atoms with Crippen LogP contribution in [0.1, 0.15) is 34.8 Å². The highest BCUT2D eigenvalue weighted by Gasteiger charge is 2.26. The lowest BCUT2D eigenvalue weighted by atomic mass is 10.0. The van der Waals surface area contributed by atoms with Gasteiger partial charge in [-0.15, -0.1) is 0 Å². The third-order valence-electron chi connectivity index (χ3n) is 6.23. The molecule has 1 heterocycles. The Hall–Kier alpha value is -3.64. The van der Waals surface area contributed by atoms with Crippen molar-refractivity contribution in [3.8, 4) is 11.5 Å². The average molecular weight is 472 g/mol. The molecule has 0 unspecified atom stereocenters. The Labute approximate surface area is 207 Å². The fourth-order valence-corrected chi connectivity index (χ4v) is 4.44. The van der Waals surface area contributed by atoms with Crippen molar-refractivity contribution >= 4 is 11.8 Å². The van der Waals surface area contributed by atoms with Crippen LogP contribution in [0.2, 0.25) is 0 Å². The molecule has 3 aromatic rings. The van der Waals surface area contributed by atoms with Gasteiger partial charge < -0.3 is 20.3 Å². The van der Waals surface area contributed by atoms with Crippen molar-refractivity contribution in [2.45, 2.75) is 32.2 Å². The second-order valence-electron chi connectivity index (χ2n) is 8.73. The van der Waals surface area contributed by atoms with Gasteiger partial charge in [0.2, 0.25) is 5.91 Å². The van der Waals surface area contributed by atoms with Crippen molar-refractivity contribution in [1.82, 2.24) is 15.5 Å². The number of ether oxygens (including phenoxy) is 1. The van der Waals surface area contributed by atoms with E-state index in [1.807, 2.05) is 66.4 Å². The van der Waals surface area contributed by atoms with E-state index in [9.17, 15) is 9.59 Å². The molecule has 1 aliphatic heterocycles. The van der Waals surface area contributed by atoms with Gasteiger partial charge in [-0.1, -0.05) is 54.6 Å². The molecule has 35 heavy (non-hydrogen) atoms. The van der Waals surface area contributed by atoms with Crippen LogP contribution in [-0.2, 0) is 17.6 Å². The van der Waals surface area contributed by atoms with E-state index in [0.29, 0.717) is 36.4 Å². The van der Waals surface area contributed by atoms with E-state index in [2.05, 4.69) is 22.8 Å². The number of nitrogens with one attached hydrogen (secondary N) is 2. The summed E-state index contributed by atoms with van der Waals surface area (Å²) in [5.41, 5.74) is 2.77. The highest BCUT2D eigenvalue weighted by molar-refractivity contribution is 5.94. The minimum atomic E-state index is -0.127. The first-order valence-corrected chi connectivity index (χ1v) is 12.3. The summed E-state index contributed by atoms with van der Waals surface area (Å²) >= 11 is 0. The van der Waals surface area contributed by atoms with Crippen LogP contribution in [0.15, 0.2) is 78.9 Å². The minimum Gasteiger partial charge on any atom is -0.457 e. The molecule has 0 aliphatic carbocycles. The van der Waals surface area contributed by atoms with Gasteiger partial charge >= 0.3 is 0 Å². The number of para-hydroxylation sites is 1. The highest BCUT2D eigenvalue weighted by Crippen LogP contribution is 2.27. The summed E-state index contributed by atoms with van der Waals surface area (Å²) in [6.45, 7) is 4.81. The number of carbonyl (C=O) groups is 2. The lowest BCUT2D eigenvalue weighted by molar-refractivity contribution is -0.134. The number of piperazine rings is 1. The zero-order valence-corrected chi connectivity index (χ0v) is 20.2. The number of amides is 2. The number of carbonyl (C=O) groups excluding carboxylic acids is 2. The quantitative estimate of drug-likeness (QED) is 0.491. The monoisotopic (exact) mass is 471 g/mol. The van der Waals surface area contributed by atoms with Crippen molar-refractivity contribution in [1.29, 1.82) is 0 Å². The molecule has 0 saturated carbocycles. The lowest BCUT2D eigenvalue weighted by Crippen LogP contribution is -2.54. The Morgan fingerprint density at radius 3 is 2.66 bits per heavy atom. The molecule has 2 N–H and O–H groups in total. The normalized spacial score (nSPS) is 15.5. The standard InChI is InChI=1S/C29H33N3O3/c1-2-31-29(34)24-12-8-13-26(20-24)35-27-14-7-6-11-23(27)15-16-28(33)32-18-17-30-21-25(32)19-22-9-4-3-5-10-22/h3-14,20,25,30H,2,15-19,21H2,1H3,(H,31,34)/t25-/m1/s1. The predicted molar refractivity (Wildman–Crippen MR) is 138 cm³/mol. The molecule has 1 saturated heterocycles. The number of rotatable bonds is 9. The first-order valence-electron chi connectivity index (χ1n) is 12.3. The van der Waals surface area contributed by atoms with E-state index in [0.717, 1.165) is 31.6 Å². The molecule has 6 nitrogen and oxygen atoms in total. The molecule has 2 amide bonds. The molecule has 182 valence electrons. The first kappa shape index (κ1) is 24.5. The summed E-state index contributed by atoms with van der Waals surface area (Å²) in [6, 6.07) is 25.4. The van der Waals surface area contributed by atoms with Crippen molar-refractivity contribution in [2.24, 2.45) is 0 Å². The second-order valence-corrected chi connectivity index (χ2v) is 8.73. The van der Waals surface area contributed by atoms with E-state index in [4.69, 9.17) is 4.74 Å². The van der Waals surface area contributed by atoms with E-state index < -0.39 is 0 Å². The van der Waals surface area contributed by atoms with E-state index in [1.165, 1.54) is 5.56 Å². The summed E-state index contributed by atoms with van der Waals surface area (Å²) in [7, 11) is 0. The summed E-state index contributed by atoms with van der Waals surface area (Å²) in [5, 5.41) is 6.23. The summed E-state index contributed by atoms with van der Waals surface area (Å²) in [6.07, 6.45) is 1.86. The van der Waals surface area contributed by atoms with Gasteiger partial charge in [-0.2, -0.15) is 0 Å². The van der Waals surface area contributed by atoms with Crippen molar-refractivity contribution < 1.29 is 14.3 Å². The highest BCUT2D eigenvalue weighted by atomic mass is 16.5. The Kier molecular flexibility index (Phi) is 8.52. The molecular weight excluding hydrogens is 438 g/mol. The smallest absolute Gasteiger partial charge is 0.251 e. The van der Waals surface area contributed by atoms with Crippen LogP contribution < -0.4 is 15.4 Å². The van der Waals surface area contributed by atoms with Crippen LogP contribution >= 0.6 is 0 Å². The van der Waals surface area contributed by atoms with Crippen molar-refractivity contribution in [3.05, 3.63) is 95.6 Å². The number of hydrogen-bond acceptors (Lipinski definition) is 4. The van der Waals surface area contributed by atoms with Crippen molar-refractivity contribution in [3.63, 3.8) is 0 Å². The topological polar surface area (TPSA) is 70.7 Å². The number of hydrogen-bond donors (Lipinski definition) is 2. The van der Waals surface area contributed by atoms with Gasteiger partial charge in [0.05, 0.1) is 0 Å². The van der Waals surface area contributed by atoms with Crippen LogP contribution in [0.25, 0.3) is 0 Å². The molecule has 4 rings (SSSR count). The van der Waals surface area contributed by atoms with Crippen LogP contribution in [0, 0.1) is 0 Å². The van der Waals surface area contributed by atoms with Crippen molar-refractivity contribution in [2.75, 3.05) is 26.2 Å². The maximum absolute atomic E-state index is 13.2. The zero-order chi connectivity index (χ0) is 24.5. The third-order valence-corrected chi connectivity index (χ3v) is 6.23. The van der Waals surface area contributed by atoms with E-state index in [1.54, 1.807) is 12.1 Å². The molecule has 1 aliphatic rings. The first-order chi connectivity index (χ1) is 17.1. The predicted octanol–water partition coefficient (Wildman–Crippen LogP) is 4.20. The lowest BCUT2D eigenvalue weighted by Gasteiger charge is -2.36. The maximum atomic E-state index is 13.2. The molecule has 3 aromatic carbocycles. The molecule has 0 spiro atoms. The average Bonchev–Trinajstić information content (AvgIpc) is 2.89. The minimum absolute atomic E-state index is 0.127. The zero-order valence-electron chi connectivity index (χ0n) is 20.2. The van der Waals surface area contributed by atoms with E-state index >= 15 is 0 Å². The van der Waals surface area contributed by atoms with Crippen LogP contribution in [0.3, 0.4) is 0 Å². The number of benzene rings is 3. The molecule has 1 fully saturated rings. The second kappa shape index (κ2) is 12.2. The van der Waals surface area contributed by atoms with Crippen LogP contribution in [0.4, 0.5) is 0 Å². The molecular formula is C29H33N3O3. The Morgan fingerprint density at radius 1 is 1.03 bits per heavy atom. The summed E-state index contributed by atoms with van der Waals surface area (Å²) in [4.78, 5) is 27.4. The Bertz CT molecular complexity index is 1130. The number of nitrogens with zero attached hydrogens (tertiary/aromatic N) is 1. The molecule has 1 atom stereocenters. The SMILES string of the molecule is CCNC(=O)c1cccc(Oc2ccccc2CCC(=O)N2CCNC[C@H]2Cc2ccccc2)c1. The van der Waals surface area contributed by atoms with Crippen LogP contribution in [0.5, 0.6) is 11.5 Å². The van der Waals surface area contributed by atoms with Gasteiger partial charge in [-0.05, 0) is 55.2 Å².